The molecule has 0 heterocycles. The monoisotopic (exact) mass is 123 g/mol. The second-order valence-electron chi connectivity index (χ2n) is 0.668. The molecule has 0 saturated heterocycles. The van der Waals surface area contributed by atoms with Gasteiger partial charge in [-0.15, -0.1) is 0 Å². The van der Waals surface area contributed by atoms with Crippen molar-refractivity contribution in [1.29, 1.82) is 0 Å². The van der Waals surface area contributed by atoms with Gasteiger partial charge in [-0.3, -0.25) is 10.0 Å². The molecule has 0 atom stereocenters. The van der Waals surface area contributed by atoms with Gasteiger partial charge in [0.2, 0.25) is 5.91 Å². The summed E-state index contributed by atoms with van der Waals surface area (Å²) in [5.41, 5.74) is 1.39. The van der Waals surface area contributed by atoms with Crippen molar-refractivity contribution in [2.75, 3.05) is 6.26 Å². The number of hydrogen-bond donors (Lipinski definition) is 3. The molecule has 0 bridgehead atoms. The second-order valence-corrected chi connectivity index (χ2v) is 0.668. The van der Waals surface area contributed by atoms with E-state index >= 15 is 0 Å². The molecule has 0 aliphatic carbocycles. The maximum absolute atomic E-state index is 9.45. The lowest BCUT2D eigenvalue weighted by atomic mass is 10.8. The first-order valence-electron chi connectivity index (χ1n) is 1.62. The molecule has 2 N–H and O–H groups in total. The predicted octanol–water partition coefficient (Wildman–Crippen LogP) is 0.0577. The highest BCUT2D eigenvalue weighted by Crippen LogP contribution is 1.44. The molecule has 0 aliphatic rings. The zero-order valence-corrected chi connectivity index (χ0v) is 5.20. The first-order chi connectivity index (χ1) is 3.27. The summed E-state index contributed by atoms with van der Waals surface area (Å²) in [5, 5.41) is 7.54. The smallest absolute Gasteiger partial charge is 0.240 e. The van der Waals surface area contributed by atoms with E-state index in [4.69, 9.17) is 5.21 Å². The molecule has 0 saturated carbocycles. The molecule has 0 aliphatic heterocycles. The Labute approximate surface area is 48.1 Å². The topological polar surface area (TPSA) is 49.3 Å². The number of rotatable bonds is 0. The average molecular weight is 123 g/mol. The van der Waals surface area contributed by atoms with Crippen molar-refractivity contribution in [3.63, 3.8) is 0 Å². The minimum absolute atomic E-state index is 0.440. The summed E-state index contributed by atoms with van der Waals surface area (Å²) in [7, 11) is 0. The van der Waals surface area contributed by atoms with Crippen LogP contribution in [0.2, 0.25) is 0 Å². The lowest BCUT2D eigenvalue weighted by Crippen LogP contribution is -2.12. The van der Waals surface area contributed by atoms with E-state index in [0.717, 1.165) is 0 Å². The number of amides is 1. The van der Waals surface area contributed by atoms with Crippen LogP contribution in [0, 0.1) is 0 Å². The molecule has 4 heteroatoms. The fourth-order valence-electron chi connectivity index (χ4n) is 0. The second kappa shape index (κ2) is 9.24. The lowest BCUT2D eigenvalue weighted by Gasteiger charge is -1.78. The van der Waals surface area contributed by atoms with Gasteiger partial charge >= 0.3 is 0 Å². The van der Waals surface area contributed by atoms with Crippen LogP contribution in [0.5, 0.6) is 0 Å². The van der Waals surface area contributed by atoms with E-state index < -0.39 is 5.91 Å². The predicted molar refractivity (Wildman–Crippen MR) is 30.5 cm³/mol. The van der Waals surface area contributed by atoms with E-state index in [1.165, 1.54) is 12.4 Å². The standard InChI is InChI=1S/C2H5NO2.CH4S/c1-2(4)3-5;1-2/h5H,1H3,(H,3,4);2H,1H3. The van der Waals surface area contributed by atoms with Crippen molar-refractivity contribution in [2.24, 2.45) is 0 Å². The summed E-state index contributed by atoms with van der Waals surface area (Å²) in [6.07, 6.45) is 1.69. The summed E-state index contributed by atoms with van der Waals surface area (Å²) in [6, 6.07) is 0. The quantitative estimate of drug-likeness (QED) is 0.242. The molecular formula is C3H9NO2S. The third kappa shape index (κ3) is 26.1. The van der Waals surface area contributed by atoms with Gasteiger partial charge in [-0.1, -0.05) is 0 Å². The molecule has 1 amide bonds. The van der Waals surface area contributed by atoms with Crippen LogP contribution in [0.15, 0.2) is 0 Å². The zero-order valence-electron chi connectivity index (χ0n) is 4.30. The number of thiol groups is 1. The van der Waals surface area contributed by atoms with Crippen LogP contribution in [0.25, 0.3) is 0 Å². The molecule has 0 aromatic carbocycles. The van der Waals surface area contributed by atoms with Crippen molar-refractivity contribution < 1.29 is 10.0 Å². The third-order valence-electron chi connectivity index (χ3n) is 0.157. The van der Waals surface area contributed by atoms with Gasteiger partial charge in [-0.2, -0.15) is 12.6 Å². The number of hydroxylamine groups is 1. The lowest BCUT2D eigenvalue weighted by molar-refractivity contribution is -0.126. The van der Waals surface area contributed by atoms with Crippen LogP contribution in [0.3, 0.4) is 0 Å². The maximum atomic E-state index is 9.45. The summed E-state index contributed by atoms with van der Waals surface area (Å²) >= 11 is 3.53. The molecule has 0 spiro atoms. The first kappa shape index (κ1) is 9.91. The molecule has 0 fully saturated rings. The van der Waals surface area contributed by atoms with E-state index in [0.29, 0.717) is 0 Å². The molecule has 0 radical (unpaired) electrons. The highest BCUT2D eigenvalue weighted by atomic mass is 32.1. The Kier molecular flexibility index (Phi) is 13.1. The van der Waals surface area contributed by atoms with E-state index in [-0.39, 0.29) is 0 Å². The van der Waals surface area contributed by atoms with Gasteiger partial charge in [-0.05, 0) is 6.26 Å². The molecule has 7 heavy (non-hydrogen) atoms. The Morgan fingerprint density at radius 1 is 1.71 bits per heavy atom. The Morgan fingerprint density at radius 2 is 1.86 bits per heavy atom. The summed E-state index contributed by atoms with van der Waals surface area (Å²) in [4.78, 5) is 9.45. The Balaban J connectivity index is 0. The number of hydrogen-bond acceptors (Lipinski definition) is 3. The van der Waals surface area contributed by atoms with Crippen LogP contribution in [-0.4, -0.2) is 17.4 Å². The maximum Gasteiger partial charge on any atom is 0.240 e. The molecule has 44 valence electrons. The SMILES string of the molecule is CC(=O)NO.CS. The number of carbonyl (C=O) groups excluding carboxylic acids is 1. The average Bonchev–Trinajstić information content (AvgIpc) is 1.73. The van der Waals surface area contributed by atoms with Crippen LogP contribution in [-0.2, 0) is 4.79 Å². The van der Waals surface area contributed by atoms with Crippen molar-refractivity contribution >= 4 is 18.5 Å². The molecule has 3 nitrogen and oxygen atoms in total. The highest BCUT2D eigenvalue weighted by Gasteiger charge is 1.74. The minimum Gasteiger partial charge on any atom is -0.289 e. The molecule has 0 rings (SSSR count). The van der Waals surface area contributed by atoms with Crippen LogP contribution < -0.4 is 5.48 Å². The summed E-state index contributed by atoms with van der Waals surface area (Å²) in [6.45, 7) is 1.22. The van der Waals surface area contributed by atoms with Gasteiger partial charge in [0, 0.05) is 6.92 Å². The van der Waals surface area contributed by atoms with Gasteiger partial charge in [0.25, 0.3) is 0 Å². The minimum atomic E-state index is -0.440. The third-order valence-corrected chi connectivity index (χ3v) is 0.157. The molecule has 0 aromatic heterocycles. The molecular weight excluding hydrogens is 114 g/mol. The Hall–Kier alpha value is -0.220. The molecule has 0 unspecified atom stereocenters. The van der Waals surface area contributed by atoms with Crippen LogP contribution >= 0.6 is 12.6 Å². The van der Waals surface area contributed by atoms with Gasteiger partial charge in [-0.25, -0.2) is 5.48 Å². The van der Waals surface area contributed by atoms with Crippen molar-refractivity contribution in [2.45, 2.75) is 6.92 Å². The van der Waals surface area contributed by atoms with Crippen LogP contribution in [0.1, 0.15) is 6.92 Å². The Bertz CT molecular complexity index is 48.2. The van der Waals surface area contributed by atoms with E-state index in [2.05, 4.69) is 12.6 Å². The normalized spacial score (nSPS) is 5.71. The largest absolute Gasteiger partial charge is 0.289 e. The van der Waals surface area contributed by atoms with E-state index in [1.54, 1.807) is 6.26 Å². The summed E-state index contributed by atoms with van der Waals surface area (Å²) in [5.74, 6) is -0.440. The van der Waals surface area contributed by atoms with Crippen molar-refractivity contribution in [3.05, 3.63) is 0 Å². The van der Waals surface area contributed by atoms with Crippen molar-refractivity contribution in [1.82, 2.24) is 5.48 Å². The van der Waals surface area contributed by atoms with Crippen molar-refractivity contribution in [3.8, 4) is 0 Å². The zero-order chi connectivity index (χ0) is 6.28. The fourth-order valence-corrected chi connectivity index (χ4v) is 0. The first-order valence-corrected chi connectivity index (χ1v) is 2.52. The van der Waals surface area contributed by atoms with Gasteiger partial charge in [0.05, 0.1) is 0 Å². The van der Waals surface area contributed by atoms with Gasteiger partial charge in [0.15, 0.2) is 0 Å². The highest BCUT2D eigenvalue weighted by molar-refractivity contribution is 7.79. The summed E-state index contributed by atoms with van der Waals surface area (Å²) < 4.78 is 0. The van der Waals surface area contributed by atoms with E-state index in [9.17, 15) is 4.79 Å². The Morgan fingerprint density at radius 3 is 1.86 bits per heavy atom. The number of carbonyl (C=O) groups is 1. The van der Waals surface area contributed by atoms with Gasteiger partial charge < -0.3 is 0 Å². The number of nitrogens with one attached hydrogen (secondary N) is 1. The van der Waals surface area contributed by atoms with E-state index in [1.807, 2.05) is 0 Å². The molecule has 0 aromatic rings. The fraction of sp³-hybridized carbons (Fsp3) is 0.667. The van der Waals surface area contributed by atoms with Crippen LogP contribution in [0.4, 0.5) is 0 Å². The van der Waals surface area contributed by atoms with Gasteiger partial charge in [0.1, 0.15) is 0 Å².